The Bertz CT molecular complexity index is 708. The Morgan fingerprint density at radius 2 is 1.95 bits per heavy atom. The number of hydrogen-bond acceptors (Lipinski definition) is 5. The van der Waals surface area contributed by atoms with Crippen LogP contribution in [0.2, 0.25) is 0 Å². The van der Waals surface area contributed by atoms with Gasteiger partial charge in [-0.25, -0.2) is 8.42 Å². The van der Waals surface area contributed by atoms with Crippen molar-refractivity contribution in [1.82, 2.24) is 4.90 Å². The van der Waals surface area contributed by atoms with E-state index in [2.05, 4.69) is 4.90 Å². The van der Waals surface area contributed by atoms with Crippen LogP contribution in [0.15, 0.2) is 47.1 Å². The maximum atomic E-state index is 11.8. The number of nitrogens with two attached hydrogens (primary N) is 1. The molecule has 0 saturated carbocycles. The molecule has 0 bridgehead atoms. The van der Waals surface area contributed by atoms with Crippen molar-refractivity contribution in [2.24, 2.45) is 0 Å². The minimum atomic E-state index is -2.91. The summed E-state index contributed by atoms with van der Waals surface area (Å²) in [6.45, 7) is 1.29. The van der Waals surface area contributed by atoms with E-state index in [9.17, 15) is 8.42 Å². The lowest BCUT2D eigenvalue weighted by atomic mass is 10.1. The zero-order valence-electron chi connectivity index (χ0n) is 12.3. The molecule has 6 heteroatoms. The minimum absolute atomic E-state index is 0.0349. The molecule has 0 aliphatic carbocycles. The highest BCUT2D eigenvalue weighted by Gasteiger charge is 2.32. The van der Waals surface area contributed by atoms with Gasteiger partial charge >= 0.3 is 0 Å². The van der Waals surface area contributed by atoms with Crippen LogP contribution >= 0.6 is 0 Å². The Morgan fingerprint density at radius 1 is 1.18 bits per heavy atom. The number of anilines is 1. The van der Waals surface area contributed by atoms with E-state index in [4.69, 9.17) is 10.2 Å². The third-order valence-electron chi connectivity index (χ3n) is 4.03. The van der Waals surface area contributed by atoms with E-state index >= 15 is 0 Å². The third kappa shape index (κ3) is 3.69. The largest absolute Gasteiger partial charge is 0.468 e. The van der Waals surface area contributed by atoms with Crippen molar-refractivity contribution < 1.29 is 12.8 Å². The van der Waals surface area contributed by atoms with Crippen LogP contribution in [0.4, 0.5) is 5.69 Å². The summed E-state index contributed by atoms with van der Waals surface area (Å²) in [5, 5.41) is 0. The van der Waals surface area contributed by atoms with E-state index in [0.717, 1.165) is 17.0 Å². The molecule has 1 saturated heterocycles. The summed E-state index contributed by atoms with van der Waals surface area (Å²) >= 11 is 0. The summed E-state index contributed by atoms with van der Waals surface area (Å²) < 4.78 is 29.0. The van der Waals surface area contributed by atoms with Crippen molar-refractivity contribution in [3.8, 4) is 0 Å². The quantitative estimate of drug-likeness (QED) is 0.853. The Balaban J connectivity index is 1.78. The Morgan fingerprint density at radius 3 is 2.55 bits per heavy atom. The summed E-state index contributed by atoms with van der Waals surface area (Å²) in [7, 11) is -2.91. The monoisotopic (exact) mass is 320 g/mol. The van der Waals surface area contributed by atoms with Crippen molar-refractivity contribution >= 4 is 15.5 Å². The first-order valence-corrected chi connectivity index (χ1v) is 9.15. The molecule has 3 rings (SSSR count). The summed E-state index contributed by atoms with van der Waals surface area (Å²) in [6.07, 6.45) is 2.32. The van der Waals surface area contributed by atoms with E-state index in [1.54, 1.807) is 6.26 Å². The van der Waals surface area contributed by atoms with Crippen molar-refractivity contribution in [3.05, 3.63) is 54.0 Å². The minimum Gasteiger partial charge on any atom is -0.468 e. The van der Waals surface area contributed by atoms with Gasteiger partial charge < -0.3 is 10.2 Å². The summed E-state index contributed by atoms with van der Waals surface area (Å²) in [5.74, 6) is 1.34. The van der Waals surface area contributed by atoms with Gasteiger partial charge in [0.2, 0.25) is 0 Å². The molecule has 22 heavy (non-hydrogen) atoms. The van der Waals surface area contributed by atoms with Crippen LogP contribution < -0.4 is 5.73 Å². The first-order valence-electron chi connectivity index (χ1n) is 7.33. The fraction of sp³-hybridized carbons (Fsp3) is 0.375. The molecule has 0 unspecified atom stereocenters. The molecular formula is C16H20N2O3S. The molecule has 1 aromatic carbocycles. The molecule has 1 atom stereocenters. The fourth-order valence-corrected chi connectivity index (χ4v) is 4.60. The average Bonchev–Trinajstić information content (AvgIpc) is 3.10. The van der Waals surface area contributed by atoms with Gasteiger partial charge in [-0.05, 0) is 36.2 Å². The van der Waals surface area contributed by atoms with Gasteiger partial charge in [0.05, 0.1) is 24.3 Å². The summed E-state index contributed by atoms with van der Waals surface area (Å²) in [4.78, 5) is 2.18. The van der Waals surface area contributed by atoms with Crippen molar-refractivity contribution in [1.29, 1.82) is 0 Å². The van der Waals surface area contributed by atoms with Crippen molar-refractivity contribution in [2.75, 3.05) is 17.2 Å². The number of sulfone groups is 1. The molecule has 2 aromatic rings. The summed E-state index contributed by atoms with van der Waals surface area (Å²) in [6, 6.07) is 11.5. The molecule has 118 valence electrons. The van der Waals surface area contributed by atoms with Crippen LogP contribution in [0.1, 0.15) is 17.7 Å². The highest BCUT2D eigenvalue weighted by atomic mass is 32.2. The van der Waals surface area contributed by atoms with Gasteiger partial charge in [-0.3, -0.25) is 4.90 Å². The van der Waals surface area contributed by atoms with Crippen LogP contribution in [-0.4, -0.2) is 30.9 Å². The number of hydrogen-bond donors (Lipinski definition) is 1. The first-order chi connectivity index (χ1) is 10.5. The predicted molar refractivity (Wildman–Crippen MR) is 85.9 cm³/mol. The molecule has 2 N–H and O–H groups in total. The topological polar surface area (TPSA) is 76.5 Å². The second-order valence-electron chi connectivity index (χ2n) is 5.78. The average molecular weight is 320 g/mol. The molecule has 1 aromatic heterocycles. The zero-order chi connectivity index (χ0) is 15.6. The highest BCUT2D eigenvalue weighted by molar-refractivity contribution is 7.91. The Hall–Kier alpha value is -1.79. The lowest BCUT2D eigenvalue weighted by Crippen LogP contribution is -2.35. The van der Waals surface area contributed by atoms with E-state index in [0.29, 0.717) is 19.5 Å². The number of nitrogen functional groups attached to an aromatic ring is 1. The lowest BCUT2D eigenvalue weighted by molar-refractivity contribution is 0.179. The van der Waals surface area contributed by atoms with Crippen LogP contribution in [-0.2, 0) is 22.9 Å². The Labute approximate surface area is 130 Å². The van der Waals surface area contributed by atoms with Gasteiger partial charge in [-0.15, -0.1) is 0 Å². The van der Waals surface area contributed by atoms with Crippen LogP contribution in [0.5, 0.6) is 0 Å². The van der Waals surface area contributed by atoms with Crippen LogP contribution in [0.3, 0.4) is 0 Å². The fourth-order valence-electron chi connectivity index (χ4n) is 2.84. The van der Waals surface area contributed by atoms with Gasteiger partial charge in [-0.1, -0.05) is 12.1 Å². The maximum Gasteiger partial charge on any atom is 0.151 e. The molecule has 0 spiro atoms. The van der Waals surface area contributed by atoms with Gasteiger partial charge in [-0.2, -0.15) is 0 Å². The van der Waals surface area contributed by atoms with Crippen LogP contribution in [0.25, 0.3) is 0 Å². The van der Waals surface area contributed by atoms with E-state index < -0.39 is 9.84 Å². The van der Waals surface area contributed by atoms with Gasteiger partial charge in [0.15, 0.2) is 9.84 Å². The summed E-state index contributed by atoms with van der Waals surface area (Å²) in [5.41, 5.74) is 7.56. The first kappa shape index (κ1) is 15.1. The lowest BCUT2D eigenvalue weighted by Gasteiger charge is -2.27. The predicted octanol–water partition coefficient (Wildman–Crippen LogP) is 2.05. The number of nitrogens with zero attached hydrogens (tertiary/aromatic N) is 1. The molecule has 1 aliphatic rings. The van der Waals surface area contributed by atoms with E-state index in [1.807, 2.05) is 36.4 Å². The van der Waals surface area contributed by atoms with Crippen LogP contribution in [0, 0.1) is 0 Å². The van der Waals surface area contributed by atoms with Crippen molar-refractivity contribution in [3.63, 3.8) is 0 Å². The second kappa shape index (κ2) is 6.14. The molecular weight excluding hydrogens is 300 g/mol. The molecule has 1 fully saturated rings. The Kier molecular flexibility index (Phi) is 4.22. The smallest absolute Gasteiger partial charge is 0.151 e. The van der Waals surface area contributed by atoms with Crippen molar-refractivity contribution in [2.45, 2.75) is 25.6 Å². The molecule has 1 aliphatic heterocycles. The molecule has 0 amide bonds. The molecule has 0 radical (unpaired) electrons. The van der Waals surface area contributed by atoms with Gasteiger partial charge in [0.1, 0.15) is 5.76 Å². The van der Waals surface area contributed by atoms with E-state index in [1.165, 1.54) is 0 Å². The molecule has 2 heterocycles. The van der Waals surface area contributed by atoms with E-state index in [-0.39, 0.29) is 17.5 Å². The third-order valence-corrected chi connectivity index (χ3v) is 5.78. The standard InChI is InChI=1S/C16H20N2O3S/c17-14-5-3-13(4-6-14)10-18(11-16-2-1-8-21-16)15-7-9-22(19,20)12-15/h1-6,8,15H,7,9-12,17H2/t15-/m1/s1. The van der Waals surface area contributed by atoms with Gasteiger partial charge in [0.25, 0.3) is 0 Å². The zero-order valence-corrected chi connectivity index (χ0v) is 13.1. The van der Waals surface area contributed by atoms with Gasteiger partial charge in [0, 0.05) is 18.3 Å². The number of benzene rings is 1. The SMILES string of the molecule is Nc1ccc(CN(Cc2ccco2)[C@@H]2CCS(=O)(=O)C2)cc1. The molecule has 5 nitrogen and oxygen atoms in total. The number of furan rings is 1. The maximum absolute atomic E-state index is 11.8. The second-order valence-corrected chi connectivity index (χ2v) is 8.01. The normalized spacial score (nSPS) is 20.5. The number of rotatable bonds is 5. The highest BCUT2D eigenvalue weighted by Crippen LogP contribution is 2.22.